The largest absolute Gasteiger partial charge is 0.492 e. The van der Waals surface area contributed by atoms with Gasteiger partial charge in [-0.2, -0.15) is 0 Å². The Morgan fingerprint density at radius 3 is 1.85 bits per heavy atom. The van der Waals surface area contributed by atoms with E-state index in [-0.39, 0.29) is 0 Å². The molecule has 3 rings (SSSR count). The SMILES string of the molecule is CN1CCN(CCCc2ccc(OCCN3CCN(C)CC3)cc2)CC1. The number of likely N-dealkylation sites (N-methyl/N-ethyl adjacent to an activating group) is 2. The Kier molecular flexibility index (Phi) is 7.74. The lowest BCUT2D eigenvalue weighted by Gasteiger charge is -2.32. The summed E-state index contributed by atoms with van der Waals surface area (Å²) < 4.78 is 5.93. The van der Waals surface area contributed by atoms with Crippen molar-refractivity contribution < 1.29 is 4.74 Å². The van der Waals surface area contributed by atoms with Crippen LogP contribution in [0, 0.1) is 0 Å². The maximum Gasteiger partial charge on any atom is 0.119 e. The molecule has 26 heavy (non-hydrogen) atoms. The summed E-state index contributed by atoms with van der Waals surface area (Å²) >= 11 is 0. The van der Waals surface area contributed by atoms with Gasteiger partial charge in [-0.15, -0.1) is 0 Å². The van der Waals surface area contributed by atoms with Gasteiger partial charge in [-0.1, -0.05) is 12.1 Å². The van der Waals surface area contributed by atoms with E-state index in [1.54, 1.807) is 0 Å². The predicted octanol–water partition coefficient (Wildman–Crippen LogP) is 1.49. The summed E-state index contributed by atoms with van der Waals surface area (Å²) in [4.78, 5) is 9.89. The van der Waals surface area contributed by atoms with Crippen LogP contribution in [0.5, 0.6) is 5.75 Å². The third-order valence-corrected chi connectivity index (χ3v) is 5.73. The van der Waals surface area contributed by atoms with Crippen LogP contribution in [0.25, 0.3) is 0 Å². The molecule has 1 aromatic carbocycles. The maximum atomic E-state index is 5.93. The molecule has 0 radical (unpaired) electrons. The van der Waals surface area contributed by atoms with Crippen LogP contribution >= 0.6 is 0 Å². The van der Waals surface area contributed by atoms with Crippen molar-refractivity contribution in [1.29, 1.82) is 0 Å². The van der Waals surface area contributed by atoms with Crippen molar-refractivity contribution in [1.82, 2.24) is 19.6 Å². The van der Waals surface area contributed by atoms with Gasteiger partial charge in [-0.3, -0.25) is 4.90 Å². The van der Waals surface area contributed by atoms with E-state index in [2.05, 4.69) is 58.0 Å². The van der Waals surface area contributed by atoms with Gasteiger partial charge in [0.25, 0.3) is 0 Å². The number of ether oxygens (including phenoxy) is 1. The van der Waals surface area contributed by atoms with Gasteiger partial charge in [0.2, 0.25) is 0 Å². The monoisotopic (exact) mass is 360 g/mol. The minimum Gasteiger partial charge on any atom is -0.492 e. The Hall–Kier alpha value is -1.14. The van der Waals surface area contributed by atoms with Gasteiger partial charge in [0.15, 0.2) is 0 Å². The Bertz CT molecular complexity index is 458. The summed E-state index contributed by atoms with van der Waals surface area (Å²) in [5, 5.41) is 0. The number of nitrogens with zero attached hydrogens (tertiary/aromatic N) is 4. The van der Waals surface area contributed by atoms with E-state index in [1.165, 1.54) is 57.8 Å². The maximum absolute atomic E-state index is 5.93. The van der Waals surface area contributed by atoms with Crippen LogP contribution in [-0.4, -0.2) is 106 Å². The Morgan fingerprint density at radius 2 is 1.27 bits per heavy atom. The van der Waals surface area contributed by atoms with Crippen molar-refractivity contribution in [3.05, 3.63) is 29.8 Å². The lowest BCUT2D eigenvalue weighted by molar-refractivity contribution is 0.133. The van der Waals surface area contributed by atoms with Gasteiger partial charge in [0.1, 0.15) is 12.4 Å². The molecule has 2 heterocycles. The molecule has 0 saturated carbocycles. The first-order valence-corrected chi connectivity index (χ1v) is 10.2. The number of hydrogen-bond acceptors (Lipinski definition) is 5. The van der Waals surface area contributed by atoms with Crippen LogP contribution in [0.15, 0.2) is 24.3 Å². The smallest absolute Gasteiger partial charge is 0.119 e. The highest BCUT2D eigenvalue weighted by molar-refractivity contribution is 5.27. The summed E-state index contributed by atoms with van der Waals surface area (Å²) in [6, 6.07) is 8.73. The van der Waals surface area contributed by atoms with Crippen LogP contribution in [0.4, 0.5) is 0 Å². The third kappa shape index (κ3) is 6.54. The first kappa shape index (κ1) is 19.6. The topological polar surface area (TPSA) is 22.2 Å². The molecule has 0 atom stereocenters. The molecule has 146 valence electrons. The standard InChI is InChI=1S/C21H36N4O/c1-22-10-14-24(15-11-22)9-3-4-20-5-7-21(8-6-20)26-19-18-25-16-12-23(2)13-17-25/h5-8H,3-4,9-19H2,1-2H3. The van der Waals surface area contributed by atoms with Gasteiger partial charge in [0.05, 0.1) is 0 Å². The highest BCUT2D eigenvalue weighted by Gasteiger charge is 2.14. The zero-order valence-corrected chi connectivity index (χ0v) is 16.7. The number of rotatable bonds is 8. The van der Waals surface area contributed by atoms with E-state index < -0.39 is 0 Å². The van der Waals surface area contributed by atoms with Gasteiger partial charge < -0.3 is 19.4 Å². The molecule has 2 fully saturated rings. The van der Waals surface area contributed by atoms with Gasteiger partial charge in [-0.25, -0.2) is 0 Å². The average Bonchev–Trinajstić information content (AvgIpc) is 2.66. The van der Waals surface area contributed by atoms with Crippen molar-refractivity contribution in [3.63, 3.8) is 0 Å². The lowest BCUT2D eigenvalue weighted by atomic mass is 10.1. The minimum absolute atomic E-state index is 0.784. The van der Waals surface area contributed by atoms with E-state index >= 15 is 0 Å². The molecule has 0 unspecified atom stereocenters. The molecule has 2 aliphatic rings. The van der Waals surface area contributed by atoms with Crippen LogP contribution in [0.2, 0.25) is 0 Å². The first-order valence-electron chi connectivity index (χ1n) is 10.2. The molecule has 1 aromatic rings. The molecule has 5 nitrogen and oxygen atoms in total. The highest BCUT2D eigenvalue weighted by Crippen LogP contribution is 2.14. The highest BCUT2D eigenvalue weighted by atomic mass is 16.5. The number of aryl methyl sites for hydroxylation is 1. The average molecular weight is 361 g/mol. The van der Waals surface area contributed by atoms with E-state index in [9.17, 15) is 0 Å². The van der Waals surface area contributed by atoms with Crippen LogP contribution in [0.3, 0.4) is 0 Å². The fourth-order valence-electron chi connectivity index (χ4n) is 3.69. The predicted molar refractivity (Wildman–Crippen MR) is 108 cm³/mol. The fourth-order valence-corrected chi connectivity index (χ4v) is 3.69. The Balaban J connectivity index is 1.29. The number of hydrogen-bond donors (Lipinski definition) is 0. The van der Waals surface area contributed by atoms with Crippen LogP contribution < -0.4 is 4.74 Å². The van der Waals surface area contributed by atoms with Crippen molar-refractivity contribution in [3.8, 4) is 5.75 Å². The Morgan fingerprint density at radius 1 is 0.731 bits per heavy atom. The molecular formula is C21H36N4O. The molecule has 0 amide bonds. The van der Waals surface area contributed by atoms with E-state index in [1.807, 2.05) is 0 Å². The Labute approximate surface area is 159 Å². The summed E-state index contributed by atoms with van der Waals surface area (Å²) in [6.07, 6.45) is 2.40. The minimum atomic E-state index is 0.784. The van der Waals surface area contributed by atoms with Crippen molar-refractivity contribution in [2.75, 3.05) is 86.1 Å². The van der Waals surface area contributed by atoms with Gasteiger partial charge in [-0.05, 0) is 51.2 Å². The molecule has 5 heteroatoms. The summed E-state index contributed by atoms with van der Waals surface area (Å²) in [5.41, 5.74) is 1.42. The zero-order valence-electron chi connectivity index (χ0n) is 16.7. The summed E-state index contributed by atoms with van der Waals surface area (Å²) in [5.74, 6) is 1.00. The number of benzene rings is 1. The summed E-state index contributed by atoms with van der Waals surface area (Å²) in [6.45, 7) is 12.5. The van der Waals surface area contributed by atoms with E-state index in [0.29, 0.717) is 0 Å². The first-order chi connectivity index (χ1) is 12.7. The number of piperazine rings is 2. The molecule has 2 saturated heterocycles. The van der Waals surface area contributed by atoms with Crippen molar-refractivity contribution in [2.24, 2.45) is 0 Å². The molecule has 0 spiro atoms. The lowest BCUT2D eigenvalue weighted by Crippen LogP contribution is -2.45. The summed E-state index contributed by atoms with van der Waals surface area (Å²) in [7, 11) is 4.41. The van der Waals surface area contributed by atoms with E-state index in [0.717, 1.165) is 38.4 Å². The normalized spacial score (nSPS) is 21.2. The molecule has 2 aliphatic heterocycles. The second-order valence-corrected chi connectivity index (χ2v) is 7.89. The van der Waals surface area contributed by atoms with Crippen molar-refractivity contribution in [2.45, 2.75) is 12.8 Å². The molecular weight excluding hydrogens is 324 g/mol. The van der Waals surface area contributed by atoms with Gasteiger partial charge in [0, 0.05) is 58.9 Å². The molecule has 0 aromatic heterocycles. The van der Waals surface area contributed by atoms with E-state index in [4.69, 9.17) is 4.74 Å². The third-order valence-electron chi connectivity index (χ3n) is 5.73. The molecule has 0 bridgehead atoms. The van der Waals surface area contributed by atoms with Crippen LogP contribution in [0.1, 0.15) is 12.0 Å². The van der Waals surface area contributed by atoms with Crippen LogP contribution in [-0.2, 0) is 6.42 Å². The molecule has 0 aliphatic carbocycles. The van der Waals surface area contributed by atoms with Gasteiger partial charge >= 0.3 is 0 Å². The quantitative estimate of drug-likeness (QED) is 0.699. The second-order valence-electron chi connectivity index (χ2n) is 7.89. The van der Waals surface area contributed by atoms with Crippen molar-refractivity contribution >= 4 is 0 Å². The second kappa shape index (κ2) is 10.3. The molecule has 0 N–H and O–H groups in total. The zero-order chi connectivity index (χ0) is 18.2. The fraction of sp³-hybridized carbons (Fsp3) is 0.714.